The zero-order chi connectivity index (χ0) is 17.6. The summed E-state index contributed by atoms with van der Waals surface area (Å²) in [6, 6.07) is 15.1. The van der Waals surface area contributed by atoms with Gasteiger partial charge in [0.2, 0.25) is 0 Å². The third-order valence-electron chi connectivity index (χ3n) is 4.22. The van der Waals surface area contributed by atoms with Crippen molar-refractivity contribution in [2.75, 3.05) is 12.4 Å². The number of amides is 1. The minimum absolute atomic E-state index is 0.103. The average molecular weight is 342 g/mol. The molecule has 0 saturated heterocycles. The molecule has 25 heavy (non-hydrogen) atoms. The van der Waals surface area contributed by atoms with Crippen LogP contribution in [0.5, 0.6) is 11.5 Å². The van der Waals surface area contributed by atoms with Crippen LogP contribution in [0, 0.1) is 0 Å². The zero-order valence-corrected chi connectivity index (χ0v) is 14.1. The first-order valence-corrected chi connectivity index (χ1v) is 8.25. The molecule has 0 aromatic heterocycles. The Hall–Kier alpha value is -2.89. The highest BCUT2D eigenvalue weighted by Gasteiger charge is 2.30. The van der Waals surface area contributed by atoms with Crippen molar-refractivity contribution in [3.63, 3.8) is 0 Å². The number of benzene rings is 2. The van der Waals surface area contributed by atoms with E-state index in [1.165, 1.54) is 7.11 Å². The number of hydrogen-bond acceptors (Lipinski definition) is 5. The molecule has 0 atom stereocenters. The predicted octanol–water partition coefficient (Wildman–Crippen LogP) is 3.27. The van der Waals surface area contributed by atoms with Crippen LogP contribution in [0.25, 0.3) is 0 Å². The number of carbonyl (C=O) groups is 1. The molecule has 0 radical (unpaired) electrons. The summed E-state index contributed by atoms with van der Waals surface area (Å²) < 4.78 is 10.2. The molecule has 132 valence electrons. The van der Waals surface area contributed by atoms with Gasteiger partial charge in [-0.25, -0.2) is 4.79 Å². The number of anilines is 1. The molecule has 1 aliphatic carbocycles. The minimum atomic E-state index is -0.394. The Bertz CT molecular complexity index is 715. The van der Waals surface area contributed by atoms with Crippen LogP contribution in [0.15, 0.2) is 48.5 Å². The van der Waals surface area contributed by atoms with Gasteiger partial charge in [0, 0.05) is 23.8 Å². The van der Waals surface area contributed by atoms with Crippen LogP contribution in [-0.4, -0.2) is 30.4 Å². The third kappa shape index (κ3) is 4.56. The van der Waals surface area contributed by atoms with Crippen molar-refractivity contribution in [3.8, 4) is 11.5 Å². The van der Waals surface area contributed by atoms with Gasteiger partial charge in [-0.15, -0.1) is 0 Å². The molecule has 0 unspecified atom stereocenters. The molecule has 3 N–H and O–H groups in total. The minimum Gasteiger partial charge on any atom is -0.504 e. The lowest BCUT2D eigenvalue weighted by atomic mass is 9.86. The fraction of sp³-hybridized carbons (Fsp3) is 0.316. The van der Waals surface area contributed by atoms with Crippen molar-refractivity contribution in [3.05, 3.63) is 54.1 Å². The van der Waals surface area contributed by atoms with Crippen LogP contribution in [0.2, 0.25) is 0 Å². The molecule has 1 amide bonds. The molecule has 0 bridgehead atoms. The topological polar surface area (TPSA) is 79.8 Å². The summed E-state index contributed by atoms with van der Waals surface area (Å²) in [5, 5.41) is 16.0. The van der Waals surface area contributed by atoms with Crippen molar-refractivity contribution >= 4 is 11.8 Å². The second-order valence-electron chi connectivity index (χ2n) is 6.10. The molecule has 6 nitrogen and oxygen atoms in total. The summed E-state index contributed by atoms with van der Waals surface area (Å²) >= 11 is 0. The van der Waals surface area contributed by atoms with Crippen molar-refractivity contribution in [2.45, 2.75) is 31.5 Å². The molecule has 2 aromatic carbocycles. The van der Waals surface area contributed by atoms with E-state index in [4.69, 9.17) is 9.47 Å². The fourth-order valence-corrected chi connectivity index (χ4v) is 2.80. The Balaban J connectivity index is 1.38. The summed E-state index contributed by atoms with van der Waals surface area (Å²) in [6.45, 7) is 0.270. The SMILES string of the molecule is COc1ccc(NC2CC(NC(=O)OCc3ccccc3)C2)cc1O. The van der Waals surface area contributed by atoms with Gasteiger partial charge in [0.1, 0.15) is 6.61 Å². The molecule has 6 heteroatoms. The normalized spacial score (nSPS) is 18.8. The van der Waals surface area contributed by atoms with Crippen LogP contribution < -0.4 is 15.4 Å². The van der Waals surface area contributed by atoms with E-state index in [2.05, 4.69) is 10.6 Å². The van der Waals surface area contributed by atoms with Gasteiger partial charge in [-0.05, 0) is 30.5 Å². The zero-order valence-electron chi connectivity index (χ0n) is 14.1. The summed E-state index contributed by atoms with van der Waals surface area (Å²) in [7, 11) is 1.52. The number of alkyl carbamates (subject to hydrolysis) is 1. The number of methoxy groups -OCH3 is 1. The summed E-state index contributed by atoms with van der Waals surface area (Å²) in [6.07, 6.45) is 1.23. The molecule has 3 rings (SSSR count). The van der Waals surface area contributed by atoms with Gasteiger partial charge < -0.3 is 25.2 Å². The predicted molar refractivity (Wildman–Crippen MR) is 94.9 cm³/mol. The maximum atomic E-state index is 11.8. The van der Waals surface area contributed by atoms with Crippen molar-refractivity contribution in [1.29, 1.82) is 0 Å². The van der Waals surface area contributed by atoms with Gasteiger partial charge in [-0.1, -0.05) is 30.3 Å². The molecular formula is C19H22N2O4. The van der Waals surface area contributed by atoms with Gasteiger partial charge in [0.25, 0.3) is 0 Å². The number of hydrogen-bond donors (Lipinski definition) is 3. The largest absolute Gasteiger partial charge is 0.504 e. The van der Waals surface area contributed by atoms with Crippen LogP contribution in [0.3, 0.4) is 0 Å². The average Bonchev–Trinajstić information content (AvgIpc) is 2.59. The second-order valence-corrected chi connectivity index (χ2v) is 6.10. The maximum absolute atomic E-state index is 11.8. The lowest BCUT2D eigenvalue weighted by Gasteiger charge is -2.36. The van der Waals surface area contributed by atoms with Crippen molar-refractivity contribution in [1.82, 2.24) is 5.32 Å². The first-order valence-electron chi connectivity index (χ1n) is 8.25. The van der Waals surface area contributed by atoms with Gasteiger partial charge in [0.05, 0.1) is 7.11 Å². The molecule has 1 fully saturated rings. The molecule has 1 saturated carbocycles. The van der Waals surface area contributed by atoms with Crippen molar-refractivity contribution < 1.29 is 19.4 Å². The smallest absolute Gasteiger partial charge is 0.407 e. The number of rotatable bonds is 6. The van der Waals surface area contributed by atoms with Crippen LogP contribution >= 0.6 is 0 Å². The van der Waals surface area contributed by atoms with Gasteiger partial charge >= 0.3 is 6.09 Å². The lowest BCUT2D eigenvalue weighted by molar-refractivity contribution is 0.129. The van der Waals surface area contributed by atoms with Crippen LogP contribution in [0.4, 0.5) is 10.5 Å². The Morgan fingerprint density at radius 1 is 1.16 bits per heavy atom. The number of phenolic OH excluding ortho intramolecular Hbond substituents is 1. The quantitative estimate of drug-likeness (QED) is 0.751. The Morgan fingerprint density at radius 3 is 2.60 bits per heavy atom. The summed E-state index contributed by atoms with van der Waals surface area (Å²) in [4.78, 5) is 11.8. The number of ether oxygens (including phenoxy) is 2. The lowest BCUT2D eigenvalue weighted by Crippen LogP contribution is -2.49. The Morgan fingerprint density at radius 2 is 1.92 bits per heavy atom. The molecule has 1 aliphatic rings. The van der Waals surface area contributed by atoms with Crippen LogP contribution in [0.1, 0.15) is 18.4 Å². The van der Waals surface area contributed by atoms with E-state index in [1.54, 1.807) is 12.1 Å². The summed E-state index contributed by atoms with van der Waals surface area (Å²) in [5.74, 6) is 0.547. The summed E-state index contributed by atoms with van der Waals surface area (Å²) in [5.41, 5.74) is 1.79. The maximum Gasteiger partial charge on any atom is 0.407 e. The third-order valence-corrected chi connectivity index (χ3v) is 4.22. The standard InChI is InChI=1S/C19H22N2O4/c1-24-18-8-7-14(11-17(18)22)20-15-9-16(10-15)21-19(23)25-12-13-5-3-2-4-6-13/h2-8,11,15-16,20,22H,9-10,12H2,1H3,(H,21,23). The van der Waals surface area contributed by atoms with Gasteiger partial charge in [-0.3, -0.25) is 0 Å². The molecular weight excluding hydrogens is 320 g/mol. The fourth-order valence-electron chi connectivity index (χ4n) is 2.80. The van der Waals surface area contributed by atoms with Gasteiger partial charge in [0.15, 0.2) is 11.5 Å². The number of phenols is 1. The molecule has 0 aliphatic heterocycles. The van der Waals surface area contributed by atoms with E-state index in [-0.39, 0.29) is 24.4 Å². The number of carbonyl (C=O) groups excluding carboxylic acids is 1. The van der Waals surface area contributed by atoms with Crippen LogP contribution in [-0.2, 0) is 11.3 Å². The Kier molecular flexibility index (Phi) is 5.28. The number of aromatic hydroxyl groups is 1. The molecule has 0 spiro atoms. The number of nitrogens with one attached hydrogen (secondary N) is 2. The Labute approximate surface area is 146 Å². The monoisotopic (exact) mass is 342 g/mol. The molecule has 0 heterocycles. The van der Waals surface area contributed by atoms with E-state index in [9.17, 15) is 9.90 Å². The van der Waals surface area contributed by atoms with E-state index in [0.29, 0.717) is 5.75 Å². The van der Waals surface area contributed by atoms with E-state index < -0.39 is 6.09 Å². The highest BCUT2D eigenvalue weighted by Crippen LogP contribution is 2.31. The molecule has 2 aromatic rings. The highest BCUT2D eigenvalue weighted by atomic mass is 16.5. The highest BCUT2D eigenvalue weighted by molar-refractivity contribution is 5.68. The van der Waals surface area contributed by atoms with Crippen molar-refractivity contribution in [2.24, 2.45) is 0 Å². The van der Waals surface area contributed by atoms with E-state index >= 15 is 0 Å². The first kappa shape index (κ1) is 17.0. The van der Waals surface area contributed by atoms with E-state index in [1.807, 2.05) is 36.4 Å². The first-order chi connectivity index (χ1) is 12.1. The second kappa shape index (κ2) is 7.79. The van der Waals surface area contributed by atoms with Gasteiger partial charge in [-0.2, -0.15) is 0 Å². The van der Waals surface area contributed by atoms with E-state index in [0.717, 1.165) is 24.1 Å².